The van der Waals surface area contributed by atoms with E-state index in [1.165, 1.54) is 123 Å². The predicted octanol–water partition coefficient (Wildman–Crippen LogP) is 15.2. The normalized spacial score (nSPS) is 12.4. The van der Waals surface area contributed by atoms with Crippen molar-refractivity contribution in [1.29, 1.82) is 0 Å². The average molecular weight is 710 g/mol. The van der Waals surface area contributed by atoms with Crippen molar-refractivity contribution in [3.63, 3.8) is 0 Å². The Morgan fingerprint density at radius 3 is 1.54 bits per heavy atom. The quantitative estimate of drug-likeness (QED) is 0.0647. The summed E-state index contributed by atoms with van der Waals surface area (Å²) in [6.07, 6.45) is 23.8. The van der Waals surface area contributed by atoms with E-state index in [-0.39, 0.29) is 5.41 Å². The van der Waals surface area contributed by atoms with E-state index in [2.05, 4.69) is 147 Å². The van der Waals surface area contributed by atoms with E-state index in [0.29, 0.717) is 0 Å². The van der Waals surface area contributed by atoms with Crippen LogP contribution in [0.2, 0.25) is 0 Å². The molecular weight excluding hydrogens is 651 g/mol. The Morgan fingerprint density at radius 2 is 0.963 bits per heavy atom. The minimum absolute atomic E-state index is 0.0706. The fraction of sp³-hybridized carbons (Fsp3) is 0.358. The van der Waals surface area contributed by atoms with Crippen LogP contribution < -0.4 is 4.90 Å². The van der Waals surface area contributed by atoms with Crippen LogP contribution in [0.25, 0.3) is 22.3 Å². The lowest BCUT2D eigenvalue weighted by molar-refractivity contribution is 0.398. The monoisotopic (exact) mass is 709 g/mol. The number of rotatable bonds is 18. The number of hydrogen-bond acceptors (Lipinski definition) is 1. The molecule has 1 aliphatic carbocycles. The summed E-state index contributed by atoms with van der Waals surface area (Å²) >= 11 is 0. The van der Waals surface area contributed by atoms with Gasteiger partial charge in [0, 0.05) is 28.0 Å². The molecule has 0 heterocycles. The SMILES string of the molecule is C#CC#Cc1ccc(N(c2ccc(C)cc2)c2ccc(-c3ccc4c(c3)C(CCCCCCCC)(CCCCCCCC)c3cc(C)ccc3-4)cc2)cc1. The Kier molecular flexibility index (Phi) is 13.5. The number of fused-ring (bicyclic) bond motifs is 3. The number of nitrogens with zero attached hydrogens (tertiary/aromatic N) is 1. The van der Waals surface area contributed by atoms with Gasteiger partial charge in [-0.15, -0.1) is 6.42 Å². The van der Waals surface area contributed by atoms with E-state index in [1.54, 1.807) is 11.1 Å². The van der Waals surface area contributed by atoms with Gasteiger partial charge in [0.05, 0.1) is 0 Å². The molecule has 6 rings (SSSR count). The first-order chi connectivity index (χ1) is 26.5. The van der Waals surface area contributed by atoms with Gasteiger partial charge >= 0.3 is 0 Å². The number of benzene rings is 5. The lowest BCUT2D eigenvalue weighted by Crippen LogP contribution is -2.25. The van der Waals surface area contributed by atoms with Gasteiger partial charge in [0.2, 0.25) is 0 Å². The highest BCUT2D eigenvalue weighted by molar-refractivity contribution is 5.85. The Bertz CT molecular complexity index is 2050. The van der Waals surface area contributed by atoms with Crippen molar-refractivity contribution in [1.82, 2.24) is 0 Å². The van der Waals surface area contributed by atoms with E-state index in [4.69, 9.17) is 6.42 Å². The molecule has 54 heavy (non-hydrogen) atoms. The van der Waals surface area contributed by atoms with Gasteiger partial charge in [0.15, 0.2) is 0 Å². The zero-order valence-electron chi connectivity index (χ0n) is 33.3. The molecule has 0 aromatic heterocycles. The van der Waals surface area contributed by atoms with E-state index < -0.39 is 0 Å². The van der Waals surface area contributed by atoms with Gasteiger partial charge in [0.1, 0.15) is 0 Å². The molecule has 0 aliphatic heterocycles. The van der Waals surface area contributed by atoms with Crippen molar-refractivity contribution in [2.45, 2.75) is 123 Å². The zero-order chi connectivity index (χ0) is 37.8. The highest BCUT2D eigenvalue weighted by Gasteiger charge is 2.42. The van der Waals surface area contributed by atoms with Crippen LogP contribution in [0.5, 0.6) is 0 Å². The van der Waals surface area contributed by atoms with Crippen LogP contribution in [0.15, 0.2) is 109 Å². The smallest absolute Gasteiger partial charge is 0.0462 e. The van der Waals surface area contributed by atoms with Crippen LogP contribution >= 0.6 is 0 Å². The Balaban J connectivity index is 1.35. The second kappa shape index (κ2) is 18.9. The van der Waals surface area contributed by atoms with Gasteiger partial charge in [-0.1, -0.05) is 163 Å². The summed E-state index contributed by atoms with van der Waals surface area (Å²) in [4.78, 5) is 2.31. The van der Waals surface area contributed by atoms with Gasteiger partial charge in [-0.3, -0.25) is 0 Å². The third-order valence-electron chi connectivity index (χ3n) is 11.6. The predicted molar refractivity (Wildman–Crippen MR) is 234 cm³/mol. The molecule has 0 fully saturated rings. The summed E-state index contributed by atoms with van der Waals surface area (Å²) in [6, 6.07) is 40.9. The molecule has 0 spiro atoms. The summed E-state index contributed by atoms with van der Waals surface area (Å²) < 4.78 is 0. The van der Waals surface area contributed by atoms with Crippen molar-refractivity contribution in [3.05, 3.63) is 137 Å². The van der Waals surface area contributed by atoms with Crippen molar-refractivity contribution in [2.75, 3.05) is 4.90 Å². The minimum atomic E-state index is 0.0706. The fourth-order valence-electron chi connectivity index (χ4n) is 8.61. The first kappa shape index (κ1) is 38.7. The topological polar surface area (TPSA) is 3.24 Å². The maximum Gasteiger partial charge on any atom is 0.0462 e. The maximum atomic E-state index is 5.38. The molecule has 0 radical (unpaired) electrons. The second-order valence-corrected chi connectivity index (χ2v) is 15.6. The third kappa shape index (κ3) is 9.03. The van der Waals surface area contributed by atoms with Crippen molar-refractivity contribution < 1.29 is 0 Å². The molecule has 0 unspecified atom stereocenters. The van der Waals surface area contributed by atoms with Gasteiger partial charge < -0.3 is 4.90 Å². The van der Waals surface area contributed by atoms with E-state index in [9.17, 15) is 0 Å². The first-order valence-corrected chi connectivity index (χ1v) is 20.8. The van der Waals surface area contributed by atoms with Crippen LogP contribution in [0.1, 0.15) is 132 Å². The summed E-state index contributed by atoms with van der Waals surface area (Å²) in [5.74, 6) is 8.19. The number of terminal acetylenes is 1. The van der Waals surface area contributed by atoms with E-state index in [0.717, 1.165) is 22.6 Å². The van der Waals surface area contributed by atoms with Crippen LogP contribution in [0.4, 0.5) is 17.1 Å². The number of hydrogen-bond donors (Lipinski definition) is 0. The van der Waals surface area contributed by atoms with Crippen LogP contribution in [-0.4, -0.2) is 0 Å². The lowest BCUT2D eigenvalue weighted by atomic mass is 9.70. The molecule has 5 aromatic carbocycles. The molecule has 0 atom stereocenters. The Labute approximate surface area is 327 Å². The molecule has 1 heteroatoms. The fourth-order valence-corrected chi connectivity index (χ4v) is 8.61. The highest BCUT2D eigenvalue weighted by Crippen LogP contribution is 2.55. The summed E-state index contributed by atoms with van der Waals surface area (Å²) in [6.45, 7) is 9.03. The Hall–Kier alpha value is -4.98. The summed E-state index contributed by atoms with van der Waals surface area (Å²) in [5, 5.41) is 0. The lowest BCUT2D eigenvalue weighted by Gasteiger charge is -2.33. The highest BCUT2D eigenvalue weighted by atomic mass is 15.1. The largest absolute Gasteiger partial charge is 0.311 e. The van der Waals surface area contributed by atoms with Crippen LogP contribution in [-0.2, 0) is 5.41 Å². The number of aryl methyl sites for hydroxylation is 2. The van der Waals surface area contributed by atoms with Crippen LogP contribution in [0.3, 0.4) is 0 Å². The average Bonchev–Trinajstić information content (AvgIpc) is 3.46. The molecule has 0 saturated carbocycles. The molecule has 276 valence electrons. The second-order valence-electron chi connectivity index (χ2n) is 15.6. The van der Waals surface area contributed by atoms with E-state index >= 15 is 0 Å². The molecule has 0 amide bonds. The van der Waals surface area contributed by atoms with Gasteiger partial charge in [0.25, 0.3) is 0 Å². The van der Waals surface area contributed by atoms with Gasteiger partial charge in [-0.25, -0.2) is 0 Å². The Morgan fingerprint density at radius 1 is 0.500 bits per heavy atom. The molecular formula is C53H59N. The first-order valence-electron chi connectivity index (χ1n) is 20.8. The summed E-state index contributed by atoms with van der Waals surface area (Å²) in [5.41, 5.74) is 15.5. The van der Waals surface area contributed by atoms with Crippen molar-refractivity contribution in [3.8, 4) is 46.4 Å². The van der Waals surface area contributed by atoms with Gasteiger partial charge in [-0.05, 0) is 127 Å². The third-order valence-corrected chi connectivity index (χ3v) is 11.6. The molecule has 5 aromatic rings. The minimum Gasteiger partial charge on any atom is -0.311 e. The number of anilines is 3. The molecule has 1 aliphatic rings. The molecule has 0 saturated heterocycles. The standard InChI is InChI=1S/C53H59N/c1-6-9-12-14-16-18-37-53(38-19-17-15-13-10-7-2)51-39-42(5)23-35-49(51)50-36-28-45(40-52(50)53)44-26-33-48(34-27-44)54(46-29-21-41(4)22-30-46)47-31-24-43(25-32-47)20-11-8-3/h3,21-36,39-40H,6-7,9-10,12-19,37-38H2,1-2,4-5H3. The maximum absolute atomic E-state index is 5.38. The van der Waals surface area contributed by atoms with Gasteiger partial charge in [-0.2, -0.15) is 0 Å². The molecule has 1 nitrogen and oxygen atoms in total. The molecule has 0 N–H and O–H groups in total. The van der Waals surface area contributed by atoms with E-state index in [1.807, 2.05) is 12.1 Å². The zero-order valence-corrected chi connectivity index (χ0v) is 33.3. The summed E-state index contributed by atoms with van der Waals surface area (Å²) in [7, 11) is 0. The van der Waals surface area contributed by atoms with Crippen LogP contribution in [0, 0.1) is 38.0 Å². The van der Waals surface area contributed by atoms with Crippen molar-refractivity contribution >= 4 is 17.1 Å². The molecule has 0 bridgehead atoms. The number of unbranched alkanes of at least 4 members (excludes halogenated alkanes) is 10. The van der Waals surface area contributed by atoms with Crippen molar-refractivity contribution in [2.24, 2.45) is 0 Å².